The van der Waals surface area contributed by atoms with Crippen LogP contribution in [0, 0.1) is 11.3 Å². The average Bonchev–Trinajstić information content (AvgIpc) is 2.40. The van der Waals surface area contributed by atoms with E-state index >= 15 is 0 Å². The molecule has 0 aliphatic heterocycles. The Morgan fingerprint density at radius 1 is 1.28 bits per heavy atom. The molecule has 1 N–H and O–H groups in total. The molecule has 4 heteroatoms. The fourth-order valence-electron chi connectivity index (χ4n) is 1.68. The van der Waals surface area contributed by atoms with Crippen molar-refractivity contribution in [2.24, 2.45) is 0 Å². The molecule has 1 aromatic heterocycles. The number of nitriles is 1. The molecular formula is C14H12ClN3. The summed E-state index contributed by atoms with van der Waals surface area (Å²) in [6.07, 6.45) is 3.27. The number of pyridine rings is 1. The highest BCUT2D eigenvalue weighted by Crippen LogP contribution is 2.22. The van der Waals surface area contributed by atoms with Crippen molar-refractivity contribution in [3.05, 3.63) is 58.9 Å². The molecule has 0 saturated carbocycles. The van der Waals surface area contributed by atoms with Crippen LogP contribution in [0.5, 0.6) is 0 Å². The monoisotopic (exact) mass is 257 g/mol. The van der Waals surface area contributed by atoms with E-state index in [2.05, 4.69) is 16.4 Å². The van der Waals surface area contributed by atoms with Crippen molar-refractivity contribution < 1.29 is 0 Å². The number of nitrogens with zero attached hydrogens (tertiary/aromatic N) is 2. The number of aromatic nitrogens is 1. The standard InChI is InChI=1S/C14H12ClN3/c1-10(11-2-4-13(15)5-3-11)18-14-9-17-7-6-12(14)8-16/h2-7,9-10,18H,1H3. The zero-order valence-electron chi connectivity index (χ0n) is 9.89. The third-order valence-corrected chi connectivity index (χ3v) is 2.94. The van der Waals surface area contributed by atoms with Crippen LogP contribution < -0.4 is 5.32 Å². The maximum atomic E-state index is 9.00. The first-order valence-corrected chi connectivity index (χ1v) is 5.94. The van der Waals surface area contributed by atoms with E-state index in [1.807, 2.05) is 31.2 Å². The number of nitrogens with one attached hydrogen (secondary N) is 1. The Morgan fingerprint density at radius 3 is 2.67 bits per heavy atom. The minimum atomic E-state index is 0.0820. The van der Waals surface area contributed by atoms with E-state index in [1.54, 1.807) is 18.5 Å². The van der Waals surface area contributed by atoms with Gasteiger partial charge in [0.05, 0.1) is 17.4 Å². The summed E-state index contributed by atoms with van der Waals surface area (Å²) < 4.78 is 0. The number of rotatable bonds is 3. The van der Waals surface area contributed by atoms with Crippen LogP contribution in [0.3, 0.4) is 0 Å². The maximum absolute atomic E-state index is 9.00. The van der Waals surface area contributed by atoms with Crippen molar-refractivity contribution in [1.82, 2.24) is 4.98 Å². The Morgan fingerprint density at radius 2 is 2.00 bits per heavy atom. The lowest BCUT2D eigenvalue weighted by Crippen LogP contribution is -2.07. The lowest BCUT2D eigenvalue weighted by molar-refractivity contribution is 0.882. The molecule has 1 atom stereocenters. The van der Waals surface area contributed by atoms with Crippen LogP contribution in [-0.2, 0) is 0 Å². The smallest absolute Gasteiger partial charge is 0.101 e. The van der Waals surface area contributed by atoms with Gasteiger partial charge >= 0.3 is 0 Å². The van der Waals surface area contributed by atoms with E-state index in [0.717, 1.165) is 11.3 Å². The Hall–Kier alpha value is -2.05. The SMILES string of the molecule is CC(Nc1cnccc1C#N)c1ccc(Cl)cc1. The lowest BCUT2D eigenvalue weighted by atomic mass is 10.1. The molecule has 0 spiro atoms. The minimum Gasteiger partial charge on any atom is -0.376 e. The summed E-state index contributed by atoms with van der Waals surface area (Å²) in [7, 11) is 0. The Labute approximate surface area is 111 Å². The van der Waals surface area contributed by atoms with E-state index in [0.29, 0.717) is 10.6 Å². The summed E-state index contributed by atoms with van der Waals surface area (Å²) in [5.74, 6) is 0. The molecule has 1 heterocycles. The Kier molecular flexibility index (Phi) is 3.81. The zero-order valence-corrected chi connectivity index (χ0v) is 10.6. The Bertz CT molecular complexity index is 572. The summed E-state index contributed by atoms with van der Waals surface area (Å²) in [5, 5.41) is 13.0. The van der Waals surface area contributed by atoms with Crippen LogP contribution in [0.2, 0.25) is 5.02 Å². The van der Waals surface area contributed by atoms with Gasteiger partial charge in [0.1, 0.15) is 6.07 Å². The van der Waals surface area contributed by atoms with Gasteiger partial charge in [0.2, 0.25) is 0 Å². The largest absolute Gasteiger partial charge is 0.376 e. The highest BCUT2D eigenvalue weighted by Gasteiger charge is 2.08. The molecule has 1 aromatic carbocycles. The molecule has 0 aliphatic carbocycles. The van der Waals surface area contributed by atoms with Crippen LogP contribution in [0.15, 0.2) is 42.7 Å². The van der Waals surface area contributed by atoms with Gasteiger partial charge in [0.15, 0.2) is 0 Å². The Balaban J connectivity index is 2.19. The molecule has 18 heavy (non-hydrogen) atoms. The molecule has 3 nitrogen and oxygen atoms in total. The third-order valence-electron chi connectivity index (χ3n) is 2.68. The number of benzene rings is 1. The van der Waals surface area contributed by atoms with Crippen LogP contribution in [0.4, 0.5) is 5.69 Å². The van der Waals surface area contributed by atoms with Gasteiger partial charge in [-0.1, -0.05) is 23.7 Å². The van der Waals surface area contributed by atoms with Crippen LogP contribution in [0.25, 0.3) is 0 Å². The molecule has 90 valence electrons. The summed E-state index contributed by atoms with van der Waals surface area (Å²) in [5.41, 5.74) is 2.43. The quantitative estimate of drug-likeness (QED) is 0.910. The summed E-state index contributed by atoms with van der Waals surface area (Å²) in [6, 6.07) is 11.5. The second-order valence-corrected chi connectivity index (χ2v) is 4.39. The predicted molar refractivity (Wildman–Crippen MR) is 72.4 cm³/mol. The maximum Gasteiger partial charge on any atom is 0.101 e. The minimum absolute atomic E-state index is 0.0820. The van der Waals surface area contributed by atoms with Gasteiger partial charge in [-0.15, -0.1) is 0 Å². The van der Waals surface area contributed by atoms with Gasteiger partial charge in [0, 0.05) is 17.3 Å². The van der Waals surface area contributed by atoms with Crippen LogP contribution in [-0.4, -0.2) is 4.98 Å². The summed E-state index contributed by atoms with van der Waals surface area (Å²) >= 11 is 5.85. The zero-order chi connectivity index (χ0) is 13.0. The fraction of sp³-hybridized carbons (Fsp3) is 0.143. The van der Waals surface area contributed by atoms with Crippen molar-refractivity contribution in [3.63, 3.8) is 0 Å². The fourth-order valence-corrected chi connectivity index (χ4v) is 1.80. The van der Waals surface area contributed by atoms with Crippen LogP contribution >= 0.6 is 11.6 Å². The second-order valence-electron chi connectivity index (χ2n) is 3.95. The average molecular weight is 258 g/mol. The van der Waals surface area contributed by atoms with Crippen molar-refractivity contribution in [2.45, 2.75) is 13.0 Å². The first kappa shape index (κ1) is 12.4. The summed E-state index contributed by atoms with van der Waals surface area (Å²) in [6.45, 7) is 2.03. The van der Waals surface area contributed by atoms with E-state index in [9.17, 15) is 0 Å². The van der Waals surface area contributed by atoms with Gasteiger partial charge in [-0.25, -0.2) is 0 Å². The van der Waals surface area contributed by atoms with Gasteiger partial charge in [0.25, 0.3) is 0 Å². The second kappa shape index (κ2) is 5.52. The molecule has 0 radical (unpaired) electrons. The van der Waals surface area contributed by atoms with Crippen molar-refractivity contribution in [2.75, 3.05) is 5.32 Å². The first-order valence-electron chi connectivity index (χ1n) is 5.57. The topological polar surface area (TPSA) is 48.7 Å². The highest BCUT2D eigenvalue weighted by molar-refractivity contribution is 6.30. The molecular weight excluding hydrogens is 246 g/mol. The summed E-state index contributed by atoms with van der Waals surface area (Å²) in [4.78, 5) is 4.02. The molecule has 2 rings (SSSR count). The molecule has 2 aromatic rings. The number of hydrogen-bond acceptors (Lipinski definition) is 3. The van der Waals surface area contributed by atoms with Crippen molar-refractivity contribution >= 4 is 17.3 Å². The van der Waals surface area contributed by atoms with E-state index in [1.165, 1.54) is 0 Å². The lowest BCUT2D eigenvalue weighted by Gasteiger charge is -2.16. The normalized spacial score (nSPS) is 11.6. The molecule has 0 amide bonds. The molecule has 0 saturated heterocycles. The van der Waals surface area contributed by atoms with E-state index < -0.39 is 0 Å². The number of anilines is 1. The van der Waals surface area contributed by atoms with Gasteiger partial charge in [-0.05, 0) is 30.7 Å². The van der Waals surface area contributed by atoms with Gasteiger partial charge in [-0.2, -0.15) is 5.26 Å². The molecule has 0 bridgehead atoms. The number of halogens is 1. The molecule has 0 fully saturated rings. The molecule has 1 unspecified atom stereocenters. The third kappa shape index (κ3) is 2.79. The first-order chi connectivity index (χ1) is 8.70. The van der Waals surface area contributed by atoms with Gasteiger partial charge in [-0.3, -0.25) is 4.98 Å². The van der Waals surface area contributed by atoms with Crippen molar-refractivity contribution in [1.29, 1.82) is 5.26 Å². The van der Waals surface area contributed by atoms with E-state index in [4.69, 9.17) is 16.9 Å². The number of hydrogen-bond donors (Lipinski definition) is 1. The highest BCUT2D eigenvalue weighted by atomic mass is 35.5. The van der Waals surface area contributed by atoms with Crippen molar-refractivity contribution in [3.8, 4) is 6.07 Å². The van der Waals surface area contributed by atoms with Gasteiger partial charge < -0.3 is 5.32 Å². The molecule has 0 aliphatic rings. The predicted octanol–water partition coefficient (Wildman–Crippen LogP) is 3.78. The van der Waals surface area contributed by atoms with E-state index in [-0.39, 0.29) is 6.04 Å². The van der Waals surface area contributed by atoms with Crippen LogP contribution in [0.1, 0.15) is 24.1 Å².